The van der Waals surface area contributed by atoms with Crippen LogP contribution in [0.15, 0.2) is 18.2 Å². The summed E-state index contributed by atoms with van der Waals surface area (Å²) in [6.07, 6.45) is 0.434. The van der Waals surface area contributed by atoms with E-state index in [1.807, 2.05) is 0 Å². The molecule has 0 aliphatic heterocycles. The van der Waals surface area contributed by atoms with E-state index in [9.17, 15) is 22.0 Å². The summed E-state index contributed by atoms with van der Waals surface area (Å²) in [5.41, 5.74) is 0.208. The molecule has 0 atom stereocenters. The van der Waals surface area contributed by atoms with Crippen molar-refractivity contribution in [2.24, 2.45) is 0 Å². The summed E-state index contributed by atoms with van der Waals surface area (Å²) in [6.45, 7) is 2.04. The molecule has 130 valence electrons. The van der Waals surface area contributed by atoms with Gasteiger partial charge in [-0.1, -0.05) is 6.07 Å². The standard InChI is InChI=1S/C14H21F2N3O3S/c1-3-23(21,22)18-8-4-7-17-14(20)19(2)10-11-5-6-12(15)9-13(11)16/h5-6,9,18H,3-4,7-8,10H2,1-2H3,(H,17,20). The highest BCUT2D eigenvalue weighted by atomic mass is 32.2. The molecule has 0 bridgehead atoms. The van der Waals surface area contributed by atoms with Crippen LogP contribution in [-0.4, -0.2) is 45.2 Å². The summed E-state index contributed by atoms with van der Waals surface area (Å²) >= 11 is 0. The van der Waals surface area contributed by atoms with Crippen LogP contribution in [0.4, 0.5) is 13.6 Å². The maximum absolute atomic E-state index is 13.5. The Morgan fingerprint density at radius 3 is 2.57 bits per heavy atom. The first kappa shape index (κ1) is 19.3. The van der Waals surface area contributed by atoms with Gasteiger partial charge in [-0.25, -0.2) is 26.7 Å². The quantitative estimate of drug-likeness (QED) is 0.697. The molecule has 0 aromatic heterocycles. The van der Waals surface area contributed by atoms with Crippen molar-refractivity contribution in [3.8, 4) is 0 Å². The lowest BCUT2D eigenvalue weighted by atomic mass is 10.2. The average Bonchev–Trinajstić information content (AvgIpc) is 2.49. The summed E-state index contributed by atoms with van der Waals surface area (Å²) in [6, 6.07) is 2.76. The first-order valence-corrected chi connectivity index (χ1v) is 8.80. The van der Waals surface area contributed by atoms with Crippen LogP contribution in [-0.2, 0) is 16.6 Å². The van der Waals surface area contributed by atoms with Crippen molar-refractivity contribution in [1.29, 1.82) is 0 Å². The van der Waals surface area contributed by atoms with Crippen LogP contribution < -0.4 is 10.0 Å². The smallest absolute Gasteiger partial charge is 0.317 e. The molecule has 0 spiro atoms. The molecule has 2 amide bonds. The molecule has 6 nitrogen and oxygen atoms in total. The van der Waals surface area contributed by atoms with Gasteiger partial charge in [0.05, 0.1) is 5.75 Å². The molecular formula is C14H21F2N3O3S. The second-order valence-electron chi connectivity index (χ2n) is 4.98. The minimum absolute atomic E-state index is 0.000407. The first-order valence-electron chi connectivity index (χ1n) is 7.15. The van der Waals surface area contributed by atoms with Crippen molar-refractivity contribution < 1.29 is 22.0 Å². The fraction of sp³-hybridized carbons (Fsp3) is 0.500. The lowest BCUT2D eigenvalue weighted by Crippen LogP contribution is -2.38. The molecule has 0 fully saturated rings. The summed E-state index contributed by atoms with van der Waals surface area (Å²) in [4.78, 5) is 13.1. The molecule has 2 N–H and O–H groups in total. The summed E-state index contributed by atoms with van der Waals surface area (Å²) in [7, 11) is -1.75. The number of sulfonamides is 1. The van der Waals surface area contributed by atoms with E-state index in [-0.39, 0.29) is 31.0 Å². The number of hydrogen-bond acceptors (Lipinski definition) is 3. The number of amides is 2. The highest BCUT2D eigenvalue weighted by Gasteiger charge is 2.12. The third-order valence-electron chi connectivity index (χ3n) is 3.10. The lowest BCUT2D eigenvalue weighted by molar-refractivity contribution is 0.206. The highest BCUT2D eigenvalue weighted by Crippen LogP contribution is 2.11. The molecule has 1 aromatic rings. The van der Waals surface area contributed by atoms with Gasteiger partial charge < -0.3 is 10.2 Å². The Balaban J connectivity index is 2.34. The molecule has 23 heavy (non-hydrogen) atoms. The minimum Gasteiger partial charge on any atom is -0.338 e. The first-order chi connectivity index (χ1) is 10.7. The van der Waals surface area contributed by atoms with Crippen LogP contribution in [0, 0.1) is 11.6 Å². The van der Waals surface area contributed by atoms with E-state index in [1.54, 1.807) is 0 Å². The Kier molecular flexibility index (Phi) is 7.37. The molecule has 0 unspecified atom stereocenters. The fourth-order valence-electron chi connectivity index (χ4n) is 1.73. The van der Waals surface area contributed by atoms with Crippen LogP contribution in [0.3, 0.4) is 0 Å². The summed E-state index contributed by atoms with van der Waals surface area (Å²) in [5.74, 6) is -1.38. The fourth-order valence-corrected chi connectivity index (χ4v) is 2.39. The zero-order chi connectivity index (χ0) is 17.5. The lowest BCUT2D eigenvalue weighted by Gasteiger charge is -2.18. The third kappa shape index (κ3) is 6.91. The zero-order valence-electron chi connectivity index (χ0n) is 13.1. The molecular weight excluding hydrogens is 328 g/mol. The molecule has 0 aliphatic carbocycles. The average molecular weight is 349 g/mol. The molecule has 1 aromatic carbocycles. The topological polar surface area (TPSA) is 78.5 Å². The van der Waals surface area contributed by atoms with E-state index in [4.69, 9.17) is 0 Å². The predicted octanol–water partition coefficient (Wildman–Crippen LogP) is 1.44. The van der Waals surface area contributed by atoms with Crippen molar-refractivity contribution in [3.05, 3.63) is 35.4 Å². The normalized spacial score (nSPS) is 11.3. The van der Waals surface area contributed by atoms with Crippen LogP contribution >= 0.6 is 0 Å². The van der Waals surface area contributed by atoms with Gasteiger partial charge in [0.15, 0.2) is 0 Å². The highest BCUT2D eigenvalue weighted by molar-refractivity contribution is 7.89. The van der Waals surface area contributed by atoms with Gasteiger partial charge in [-0.2, -0.15) is 0 Å². The molecule has 0 heterocycles. The van der Waals surface area contributed by atoms with Gasteiger partial charge in [0.25, 0.3) is 0 Å². The number of carbonyl (C=O) groups is 1. The van der Waals surface area contributed by atoms with E-state index in [2.05, 4.69) is 10.0 Å². The molecule has 0 saturated heterocycles. The number of rotatable bonds is 8. The summed E-state index contributed by atoms with van der Waals surface area (Å²) in [5, 5.41) is 2.59. The molecule has 0 saturated carbocycles. The Labute approximate surface area is 134 Å². The molecule has 9 heteroatoms. The predicted molar refractivity (Wildman–Crippen MR) is 83.3 cm³/mol. The number of hydrogen-bond donors (Lipinski definition) is 2. The van der Waals surface area contributed by atoms with Gasteiger partial charge in [-0.15, -0.1) is 0 Å². The van der Waals surface area contributed by atoms with Crippen molar-refractivity contribution in [2.45, 2.75) is 19.9 Å². The van der Waals surface area contributed by atoms with E-state index in [0.717, 1.165) is 12.1 Å². The Bertz CT molecular complexity index is 638. The second-order valence-corrected chi connectivity index (χ2v) is 7.07. The van der Waals surface area contributed by atoms with Crippen LogP contribution in [0.5, 0.6) is 0 Å². The summed E-state index contributed by atoms with van der Waals surface area (Å²) < 4.78 is 51.1. The number of urea groups is 1. The number of carbonyl (C=O) groups excluding carboxylic acids is 1. The third-order valence-corrected chi connectivity index (χ3v) is 4.51. The van der Waals surface area contributed by atoms with Crippen molar-refractivity contribution in [1.82, 2.24) is 14.9 Å². The van der Waals surface area contributed by atoms with Gasteiger partial charge in [-0.3, -0.25) is 0 Å². The molecule has 1 rings (SSSR count). The monoisotopic (exact) mass is 349 g/mol. The van der Waals surface area contributed by atoms with Crippen LogP contribution in [0.2, 0.25) is 0 Å². The maximum atomic E-state index is 13.5. The van der Waals surface area contributed by atoms with Crippen molar-refractivity contribution in [2.75, 3.05) is 25.9 Å². The van der Waals surface area contributed by atoms with Gasteiger partial charge >= 0.3 is 6.03 Å². The van der Waals surface area contributed by atoms with Gasteiger partial charge in [0, 0.05) is 38.3 Å². The van der Waals surface area contributed by atoms with Gasteiger partial charge in [0.2, 0.25) is 10.0 Å². The van der Waals surface area contributed by atoms with E-state index < -0.39 is 27.7 Å². The van der Waals surface area contributed by atoms with E-state index in [0.29, 0.717) is 6.42 Å². The largest absolute Gasteiger partial charge is 0.338 e. The van der Waals surface area contributed by atoms with Gasteiger partial charge in [0.1, 0.15) is 11.6 Å². The van der Waals surface area contributed by atoms with E-state index in [1.165, 1.54) is 24.9 Å². The number of nitrogens with zero attached hydrogens (tertiary/aromatic N) is 1. The molecule has 0 aliphatic rings. The number of benzene rings is 1. The van der Waals surface area contributed by atoms with E-state index >= 15 is 0 Å². The Morgan fingerprint density at radius 2 is 1.96 bits per heavy atom. The zero-order valence-corrected chi connectivity index (χ0v) is 13.9. The van der Waals surface area contributed by atoms with Crippen LogP contribution in [0.25, 0.3) is 0 Å². The second kappa shape index (κ2) is 8.78. The Morgan fingerprint density at radius 1 is 1.26 bits per heavy atom. The minimum atomic E-state index is -3.23. The van der Waals surface area contributed by atoms with Crippen molar-refractivity contribution >= 4 is 16.1 Å². The maximum Gasteiger partial charge on any atom is 0.317 e. The number of halogens is 2. The Hall–Kier alpha value is -1.74. The SMILES string of the molecule is CCS(=O)(=O)NCCCNC(=O)N(C)Cc1ccc(F)cc1F. The number of nitrogens with one attached hydrogen (secondary N) is 2. The van der Waals surface area contributed by atoms with Crippen molar-refractivity contribution in [3.63, 3.8) is 0 Å². The van der Waals surface area contributed by atoms with Gasteiger partial charge in [-0.05, 0) is 19.4 Å². The van der Waals surface area contributed by atoms with Crippen LogP contribution in [0.1, 0.15) is 18.9 Å². The molecule has 0 radical (unpaired) electrons.